The van der Waals surface area contributed by atoms with E-state index >= 15 is 0 Å². The molecule has 0 heterocycles. The molecule has 0 saturated carbocycles. The summed E-state index contributed by atoms with van der Waals surface area (Å²) in [5, 5.41) is 25.4. The number of fused-ring (bicyclic) bond motifs is 2. The molecule has 0 spiro atoms. The van der Waals surface area contributed by atoms with Crippen LogP contribution in [0.15, 0.2) is 91.0 Å². The number of allylic oxidation sites excluding steroid dienone is 1. The van der Waals surface area contributed by atoms with Gasteiger partial charge in [-0.3, -0.25) is 5.32 Å². The number of carboxylic acid groups (broad SMARTS) is 1. The summed E-state index contributed by atoms with van der Waals surface area (Å²) in [5.74, 6) is -0.907. The molecule has 0 aliphatic rings. The minimum absolute atomic E-state index is 0.121. The van der Waals surface area contributed by atoms with Gasteiger partial charge in [0.1, 0.15) is 5.75 Å². The van der Waals surface area contributed by atoms with Crippen molar-refractivity contribution in [3.8, 4) is 5.75 Å². The first-order chi connectivity index (χ1) is 18.0. The molecule has 0 aromatic heterocycles. The van der Waals surface area contributed by atoms with Gasteiger partial charge in [0, 0.05) is 29.0 Å². The number of aromatic hydroxyl groups is 1. The third-order valence-corrected chi connectivity index (χ3v) is 6.10. The molecule has 190 valence electrons. The number of carbonyl (C=O) groups is 2. The zero-order valence-corrected chi connectivity index (χ0v) is 20.5. The summed E-state index contributed by atoms with van der Waals surface area (Å²) >= 11 is 0. The summed E-state index contributed by atoms with van der Waals surface area (Å²) in [6, 6.07) is 24.0. The predicted molar refractivity (Wildman–Crippen MR) is 144 cm³/mol. The lowest BCUT2D eigenvalue weighted by Crippen LogP contribution is -2.29. The highest BCUT2D eigenvalue weighted by Gasteiger charge is 2.29. The van der Waals surface area contributed by atoms with Gasteiger partial charge in [-0.25, -0.2) is 9.59 Å². The van der Waals surface area contributed by atoms with Crippen LogP contribution in [-0.4, -0.2) is 35.0 Å². The Hall–Kier alpha value is -4.36. The molecule has 37 heavy (non-hydrogen) atoms. The van der Waals surface area contributed by atoms with Crippen LogP contribution in [0.4, 0.5) is 10.5 Å². The maximum Gasteiger partial charge on any atom is 0.412 e. The van der Waals surface area contributed by atoms with E-state index in [2.05, 4.69) is 5.32 Å². The molecule has 0 saturated heterocycles. The van der Waals surface area contributed by atoms with Gasteiger partial charge in [-0.15, -0.1) is 0 Å². The molecule has 4 aromatic rings. The van der Waals surface area contributed by atoms with Gasteiger partial charge in [0.05, 0.1) is 11.8 Å². The van der Waals surface area contributed by atoms with Gasteiger partial charge in [0.2, 0.25) is 0 Å². The zero-order valence-electron chi connectivity index (χ0n) is 20.5. The lowest BCUT2D eigenvalue weighted by Gasteiger charge is -2.28. The second-order valence-corrected chi connectivity index (χ2v) is 8.51. The highest BCUT2D eigenvalue weighted by atomic mass is 16.6. The van der Waals surface area contributed by atoms with Gasteiger partial charge in [-0.2, -0.15) is 0 Å². The lowest BCUT2D eigenvalue weighted by atomic mass is 9.94. The van der Waals surface area contributed by atoms with E-state index in [-0.39, 0.29) is 5.75 Å². The van der Waals surface area contributed by atoms with E-state index in [1.165, 1.54) is 0 Å². The molecule has 7 heteroatoms. The van der Waals surface area contributed by atoms with Crippen molar-refractivity contribution in [3.63, 3.8) is 0 Å². The molecule has 0 fully saturated rings. The highest BCUT2D eigenvalue weighted by Crippen LogP contribution is 2.36. The molecule has 0 radical (unpaired) electrons. The standard InChI is InChI=1S/C30H29NO6/c1-2-36-27(16-7-8-17-28(33)34)29(24-18-19-26(32)23-14-6-5-13-22(23)24)37-30(35)31-25-15-9-11-20-10-3-4-12-21(20)25/h3-6,8-15,17-19,27,29,32H,2,7,16H2,1H3,(H,31,35)(H,33,34)/b17-8+/t27-,29-/m1/s1. The SMILES string of the molecule is CCO[C@H](CC/C=C/C(=O)O)[C@H](OC(=O)Nc1cccc2ccccc12)c1ccc(O)c2ccccc12. The van der Waals surface area contributed by atoms with Crippen LogP contribution in [0.2, 0.25) is 0 Å². The third-order valence-electron chi connectivity index (χ3n) is 6.10. The third kappa shape index (κ3) is 6.26. The van der Waals surface area contributed by atoms with Gasteiger partial charge in [0.25, 0.3) is 0 Å². The Bertz CT molecular complexity index is 1430. The maximum atomic E-state index is 13.2. The molecule has 0 unspecified atom stereocenters. The van der Waals surface area contributed by atoms with Crippen LogP contribution >= 0.6 is 0 Å². The Morgan fingerprint density at radius 1 is 0.919 bits per heavy atom. The van der Waals surface area contributed by atoms with Crippen molar-refractivity contribution >= 4 is 39.3 Å². The fraction of sp³-hybridized carbons (Fsp3) is 0.200. The Balaban J connectivity index is 1.68. The van der Waals surface area contributed by atoms with Crippen LogP contribution < -0.4 is 5.32 Å². The number of ether oxygens (including phenoxy) is 2. The topological polar surface area (TPSA) is 105 Å². The second-order valence-electron chi connectivity index (χ2n) is 8.51. The number of anilines is 1. The highest BCUT2D eigenvalue weighted by molar-refractivity contribution is 6.00. The van der Waals surface area contributed by atoms with Gasteiger partial charge in [0.15, 0.2) is 6.10 Å². The molecular weight excluding hydrogens is 470 g/mol. The van der Waals surface area contributed by atoms with E-state index in [4.69, 9.17) is 14.6 Å². The Labute approximate surface area is 215 Å². The van der Waals surface area contributed by atoms with E-state index in [0.29, 0.717) is 36.1 Å². The number of amides is 1. The number of hydrogen-bond donors (Lipinski definition) is 3. The van der Waals surface area contributed by atoms with Crippen LogP contribution in [0.5, 0.6) is 5.75 Å². The Morgan fingerprint density at radius 3 is 2.38 bits per heavy atom. The first-order valence-electron chi connectivity index (χ1n) is 12.1. The van der Waals surface area contributed by atoms with E-state index < -0.39 is 24.3 Å². The van der Waals surface area contributed by atoms with E-state index in [9.17, 15) is 14.7 Å². The summed E-state index contributed by atoms with van der Waals surface area (Å²) in [7, 11) is 0. The zero-order chi connectivity index (χ0) is 26.2. The fourth-order valence-electron chi connectivity index (χ4n) is 4.46. The van der Waals surface area contributed by atoms with Crippen molar-refractivity contribution in [2.75, 3.05) is 11.9 Å². The van der Waals surface area contributed by atoms with Crippen molar-refractivity contribution in [2.24, 2.45) is 0 Å². The minimum Gasteiger partial charge on any atom is -0.507 e. The Morgan fingerprint density at radius 2 is 1.62 bits per heavy atom. The van der Waals surface area contributed by atoms with Crippen LogP contribution in [0.25, 0.3) is 21.5 Å². The number of phenols is 1. The number of hydrogen-bond acceptors (Lipinski definition) is 5. The largest absolute Gasteiger partial charge is 0.507 e. The first-order valence-corrected chi connectivity index (χ1v) is 12.1. The molecule has 0 aliphatic carbocycles. The average Bonchev–Trinajstić information content (AvgIpc) is 2.90. The number of benzene rings is 4. The summed E-state index contributed by atoms with van der Waals surface area (Å²) < 4.78 is 12.1. The minimum atomic E-state index is -1.03. The predicted octanol–water partition coefficient (Wildman–Crippen LogP) is 6.81. The van der Waals surface area contributed by atoms with Crippen LogP contribution in [0, 0.1) is 0 Å². The molecule has 1 amide bonds. The molecular formula is C30H29NO6. The smallest absolute Gasteiger partial charge is 0.412 e. The number of aliphatic carboxylic acids is 1. The quantitative estimate of drug-likeness (QED) is 0.207. The maximum absolute atomic E-state index is 13.2. The summed E-state index contributed by atoms with van der Waals surface area (Å²) in [5.41, 5.74) is 1.30. The van der Waals surface area contributed by atoms with E-state index in [0.717, 1.165) is 22.2 Å². The molecule has 4 rings (SSSR count). The average molecular weight is 500 g/mol. The van der Waals surface area contributed by atoms with E-state index in [1.807, 2.05) is 67.6 Å². The number of carbonyl (C=O) groups excluding carboxylic acids is 1. The van der Waals surface area contributed by atoms with E-state index in [1.54, 1.807) is 24.3 Å². The molecule has 0 aliphatic heterocycles. The number of rotatable bonds is 10. The lowest BCUT2D eigenvalue weighted by molar-refractivity contribution is -0.131. The molecule has 0 bridgehead atoms. The number of carboxylic acids is 1. The van der Waals surface area contributed by atoms with Crippen molar-refractivity contribution in [1.29, 1.82) is 0 Å². The fourth-order valence-corrected chi connectivity index (χ4v) is 4.46. The van der Waals surface area contributed by atoms with Crippen LogP contribution in [0.3, 0.4) is 0 Å². The summed E-state index contributed by atoms with van der Waals surface area (Å²) in [6.45, 7) is 2.22. The van der Waals surface area contributed by atoms with Crippen molar-refractivity contribution in [3.05, 3.63) is 96.6 Å². The summed E-state index contributed by atoms with van der Waals surface area (Å²) in [4.78, 5) is 24.1. The van der Waals surface area contributed by atoms with Crippen LogP contribution in [0.1, 0.15) is 31.4 Å². The van der Waals surface area contributed by atoms with Crippen molar-refractivity contribution in [2.45, 2.75) is 32.0 Å². The molecule has 3 N–H and O–H groups in total. The van der Waals surface area contributed by atoms with Crippen molar-refractivity contribution in [1.82, 2.24) is 0 Å². The number of nitrogens with one attached hydrogen (secondary N) is 1. The van der Waals surface area contributed by atoms with Gasteiger partial charge in [-0.1, -0.05) is 72.8 Å². The van der Waals surface area contributed by atoms with Gasteiger partial charge >= 0.3 is 12.1 Å². The van der Waals surface area contributed by atoms with Gasteiger partial charge in [-0.05, 0) is 42.7 Å². The normalized spacial score (nSPS) is 13.0. The molecule has 2 atom stereocenters. The first kappa shape index (κ1) is 25.7. The van der Waals surface area contributed by atoms with Crippen LogP contribution in [-0.2, 0) is 14.3 Å². The monoisotopic (exact) mass is 499 g/mol. The molecule has 7 nitrogen and oxygen atoms in total. The Kier molecular flexibility index (Phi) is 8.38. The van der Waals surface area contributed by atoms with Gasteiger partial charge < -0.3 is 19.7 Å². The number of phenolic OH excluding ortho intramolecular Hbond substituents is 1. The second kappa shape index (κ2) is 12.1. The summed E-state index contributed by atoms with van der Waals surface area (Å²) in [6.07, 6.45) is 1.44. The van der Waals surface area contributed by atoms with Crippen molar-refractivity contribution < 1.29 is 29.3 Å². The molecule has 4 aromatic carbocycles.